The van der Waals surface area contributed by atoms with Crippen LogP contribution in [-0.4, -0.2) is 15.0 Å². The number of pyridine rings is 1. The molecule has 2 aromatic rings. The first-order chi connectivity index (χ1) is 8.29. The van der Waals surface area contributed by atoms with E-state index in [9.17, 15) is 13.2 Å². The molecule has 0 saturated carbocycles. The highest BCUT2D eigenvalue weighted by molar-refractivity contribution is 9.10. The molecular weight excluding hydrogens is 358 g/mol. The first-order valence-corrected chi connectivity index (χ1v) is 5.98. The lowest BCUT2D eigenvalue weighted by Crippen LogP contribution is -2.06. The van der Waals surface area contributed by atoms with Crippen LogP contribution in [0, 0.1) is 0 Å². The molecule has 0 aliphatic rings. The van der Waals surface area contributed by atoms with Crippen LogP contribution in [0.3, 0.4) is 0 Å². The van der Waals surface area contributed by atoms with Gasteiger partial charge in [0.2, 0.25) is 0 Å². The fourth-order valence-corrected chi connectivity index (χ4v) is 2.21. The Morgan fingerprint density at radius 1 is 1.28 bits per heavy atom. The molecule has 2 heterocycles. The fourth-order valence-electron chi connectivity index (χ4n) is 1.24. The summed E-state index contributed by atoms with van der Waals surface area (Å²) in [5, 5.41) is 0.392. The van der Waals surface area contributed by atoms with Gasteiger partial charge in [0.05, 0.1) is 10.0 Å². The number of hydrogen-bond donors (Lipinski definition) is 1. The molecule has 1 N–H and O–H groups in total. The van der Waals surface area contributed by atoms with Crippen molar-refractivity contribution < 1.29 is 13.2 Å². The van der Waals surface area contributed by atoms with Gasteiger partial charge < -0.3 is 4.98 Å². The molecule has 0 spiro atoms. The highest BCUT2D eigenvalue weighted by Crippen LogP contribution is 2.36. The lowest BCUT2D eigenvalue weighted by atomic mass is 10.3. The molecule has 0 radical (unpaired) electrons. The quantitative estimate of drug-likeness (QED) is 0.809. The lowest BCUT2D eigenvalue weighted by Gasteiger charge is -2.03. The molecule has 0 fully saturated rings. The summed E-state index contributed by atoms with van der Waals surface area (Å²) < 4.78 is 37.4. The number of nitrogens with one attached hydrogen (secondary N) is 1. The molecule has 18 heavy (non-hydrogen) atoms. The second kappa shape index (κ2) is 4.71. The molecule has 0 amide bonds. The van der Waals surface area contributed by atoms with Crippen molar-refractivity contribution in [1.29, 1.82) is 0 Å². The van der Waals surface area contributed by atoms with Crippen molar-refractivity contribution in [3.8, 4) is 11.5 Å². The Kier molecular flexibility index (Phi) is 3.57. The van der Waals surface area contributed by atoms with Gasteiger partial charge in [-0.05, 0) is 22.0 Å². The highest BCUT2D eigenvalue weighted by atomic mass is 79.9. The maximum Gasteiger partial charge on any atom is 0.433 e. The van der Waals surface area contributed by atoms with Crippen LogP contribution in [0.2, 0.25) is 10.0 Å². The van der Waals surface area contributed by atoms with E-state index in [0.717, 1.165) is 0 Å². The number of H-pyrrole nitrogens is 1. The zero-order valence-electron chi connectivity index (χ0n) is 8.32. The summed E-state index contributed by atoms with van der Waals surface area (Å²) in [6.07, 6.45) is -3.27. The summed E-state index contributed by atoms with van der Waals surface area (Å²) in [7, 11) is 0. The summed E-state index contributed by atoms with van der Waals surface area (Å²) in [4.78, 5) is 9.65. The van der Waals surface area contributed by atoms with Crippen LogP contribution in [0.1, 0.15) is 5.69 Å². The topological polar surface area (TPSA) is 41.6 Å². The van der Waals surface area contributed by atoms with Crippen LogP contribution in [-0.2, 0) is 6.18 Å². The van der Waals surface area contributed by atoms with E-state index in [1.54, 1.807) is 0 Å². The standard InChI is InChI=1S/C9H3BrCl2F3N3/c10-7-6(9(13,14)15)17-8(18-7)5-4(12)1-3(11)2-16-5/h1-2H,(H,17,18). The molecular formula is C9H3BrCl2F3N3. The minimum atomic E-state index is -4.54. The molecule has 0 saturated heterocycles. The molecule has 0 aromatic carbocycles. The van der Waals surface area contributed by atoms with Crippen molar-refractivity contribution >= 4 is 39.1 Å². The maximum atomic E-state index is 12.6. The number of aromatic amines is 1. The normalized spacial score (nSPS) is 11.9. The second-order valence-electron chi connectivity index (χ2n) is 3.23. The van der Waals surface area contributed by atoms with Crippen molar-refractivity contribution in [2.24, 2.45) is 0 Å². The highest BCUT2D eigenvalue weighted by Gasteiger charge is 2.36. The van der Waals surface area contributed by atoms with Crippen LogP contribution in [0.25, 0.3) is 11.5 Å². The number of imidazole rings is 1. The Hall–Kier alpha value is -0.790. The van der Waals surface area contributed by atoms with Crippen molar-refractivity contribution in [3.05, 3.63) is 32.6 Å². The lowest BCUT2D eigenvalue weighted by molar-refractivity contribution is -0.141. The first kappa shape index (κ1) is 13.6. The molecule has 9 heteroatoms. The third-order valence-corrected chi connectivity index (χ3v) is 3.04. The van der Waals surface area contributed by atoms with Gasteiger partial charge in [0.1, 0.15) is 10.3 Å². The number of hydrogen-bond acceptors (Lipinski definition) is 2. The van der Waals surface area contributed by atoms with E-state index in [2.05, 4.69) is 30.9 Å². The summed E-state index contributed by atoms with van der Waals surface area (Å²) in [5.74, 6) is -0.0872. The number of halogens is 6. The van der Waals surface area contributed by atoms with Crippen LogP contribution < -0.4 is 0 Å². The van der Waals surface area contributed by atoms with Gasteiger partial charge in [-0.3, -0.25) is 0 Å². The van der Waals surface area contributed by atoms with Gasteiger partial charge in [0.15, 0.2) is 11.5 Å². The Morgan fingerprint density at radius 3 is 2.44 bits per heavy atom. The molecule has 0 aliphatic carbocycles. The summed E-state index contributed by atoms with van der Waals surface area (Å²) in [6, 6.07) is 1.37. The van der Waals surface area contributed by atoms with Crippen molar-refractivity contribution in [2.75, 3.05) is 0 Å². The van der Waals surface area contributed by atoms with Gasteiger partial charge in [-0.15, -0.1) is 0 Å². The van der Waals surface area contributed by atoms with Gasteiger partial charge in [-0.1, -0.05) is 23.2 Å². The minimum Gasteiger partial charge on any atom is -0.332 e. The Bertz CT molecular complexity index is 597. The molecule has 2 rings (SSSR count). The van der Waals surface area contributed by atoms with E-state index in [1.807, 2.05) is 0 Å². The van der Waals surface area contributed by atoms with E-state index >= 15 is 0 Å². The summed E-state index contributed by atoms with van der Waals surface area (Å²) >= 11 is 14.2. The molecule has 0 unspecified atom stereocenters. The third-order valence-electron chi connectivity index (χ3n) is 1.98. The number of nitrogens with zero attached hydrogens (tertiary/aromatic N) is 2. The summed E-state index contributed by atoms with van der Waals surface area (Å²) in [5.41, 5.74) is -0.900. The Morgan fingerprint density at radius 2 is 1.94 bits per heavy atom. The predicted molar refractivity (Wildman–Crippen MR) is 64.5 cm³/mol. The number of alkyl halides is 3. The Balaban J connectivity index is 2.53. The average molecular weight is 361 g/mol. The van der Waals surface area contributed by atoms with Gasteiger partial charge >= 0.3 is 6.18 Å². The minimum absolute atomic E-state index is 0.0872. The van der Waals surface area contributed by atoms with Crippen LogP contribution in [0.4, 0.5) is 13.2 Å². The molecule has 3 nitrogen and oxygen atoms in total. The van der Waals surface area contributed by atoms with Gasteiger partial charge in [-0.2, -0.15) is 13.2 Å². The SMILES string of the molecule is FC(F)(F)c1[nH]c(-c2ncc(Cl)cc2Cl)nc1Br. The molecule has 96 valence electrons. The largest absolute Gasteiger partial charge is 0.433 e. The monoisotopic (exact) mass is 359 g/mol. The molecule has 0 atom stereocenters. The second-order valence-corrected chi connectivity index (χ2v) is 4.83. The maximum absolute atomic E-state index is 12.6. The zero-order chi connectivity index (χ0) is 13.5. The van der Waals surface area contributed by atoms with E-state index in [-0.39, 0.29) is 26.2 Å². The van der Waals surface area contributed by atoms with Gasteiger partial charge in [0.25, 0.3) is 0 Å². The van der Waals surface area contributed by atoms with E-state index < -0.39 is 11.9 Å². The third kappa shape index (κ3) is 2.62. The van der Waals surface area contributed by atoms with Gasteiger partial charge in [0, 0.05) is 6.20 Å². The zero-order valence-corrected chi connectivity index (χ0v) is 11.4. The smallest absolute Gasteiger partial charge is 0.332 e. The van der Waals surface area contributed by atoms with Crippen LogP contribution in [0.15, 0.2) is 16.9 Å². The van der Waals surface area contributed by atoms with Crippen molar-refractivity contribution in [2.45, 2.75) is 6.18 Å². The predicted octanol–water partition coefficient (Wildman–Crippen LogP) is 4.56. The van der Waals surface area contributed by atoms with Crippen molar-refractivity contribution in [3.63, 3.8) is 0 Å². The molecule has 2 aromatic heterocycles. The van der Waals surface area contributed by atoms with Gasteiger partial charge in [-0.25, -0.2) is 9.97 Å². The molecule has 0 aliphatic heterocycles. The van der Waals surface area contributed by atoms with E-state index in [0.29, 0.717) is 0 Å². The van der Waals surface area contributed by atoms with Crippen LogP contribution >= 0.6 is 39.1 Å². The first-order valence-electron chi connectivity index (χ1n) is 4.43. The fraction of sp³-hybridized carbons (Fsp3) is 0.111. The Labute approximate surface area is 117 Å². The molecule has 0 bridgehead atoms. The summed E-state index contributed by atoms with van der Waals surface area (Å²) in [6.45, 7) is 0. The number of rotatable bonds is 1. The van der Waals surface area contributed by atoms with Crippen LogP contribution in [0.5, 0.6) is 0 Å². The van der Waals surface area contributed by atoms with Crippen molar-refractivity contribution in [1.82, 2.24) is 15.0 Å². The van der Waals surface area contributed by atoms with E-state index in [1.165, 1.54) is 12.3 Å². The van der Waals surface area contributed by atoms with E-state index in [4.69, 9.17) is 23.2 Å². The average Bonchev–Trinajstić information content (AvgIpc) is 2.59. The number of aromatic nitrogens is 3.